The van der Waals surface area contributed by atoms with Crippen LogP contribution in [0, 0.1) is 17.7 Å². The van der Waals surface area contributed by atoms with Crippen molar-refractivity contribution in [2.75, 3.05) is 37.7 Å². The molecule has 1 aromatic heterocycles. The van der Waals surface area contributed by atoms with E-state index < -0.39 is 0 Å². The van der Waals surface area contributed by atoms with Crippen molar-refractivity contribution in [3.8, 4) is 11.3 Å². The Morgan fingerprint density at radius 2 is 1.94 bits per heavy atom. The molecule has 6 nitrogen and oxygen atoms in total. The Balaban J connectivity index is 1.69. The molecule has 1 saturated carbocycles. The SMILES string of the molecule is CC(C)CCN(Cc1c(-c2ccccc2F)noc1N1CCOCC1)C(=O)C1CCCC1. The summed E-state index contributed by atoms with van der Waals surface area (Å²) in [5.41, 5.74) is 1.67. The summed E-state index contributed by atoms with van der Waals surface area (Å²) in [4.78, 5) is 17.5. The van der Waals surface area contributed by atoms with Gasteiger partial charge in [-0.2, -0.15) is 0 Å². The predicted octanol–water partition coefficient (Wildman–Crippen LogP) is 4.88. The second-order valence-electron chi connectivity index (χ2n) is 9.32. The Morgan fingerprint density at radius 1 is 1.22 bits per heavy atom. The fourth-order valence-corrected chi connectivity index (χ4v) is 4.63. The molecule has 0 N–H and O–H groups in total. The first kappa shape index (κ1) is 22.8. The molecule has 1 amide bonds. The Kier molecular flexibility index (Phi) is 7.45. The molecular formula is C25H34FN3O3. The summed E-state index contributed by atoms with van der Waals surface area (Å²) in [7, 11) is 0. The highest BCUT2D eigenvalue weighted by Crippen LogP contribution is 2.35. The first-order valence-electron chi connectivity index (χ1n) is 11.9. The Bertz CT molecular complexity index is 902. The summed E-state index contributed by atoms with van der Waals surface area (Å²) in [6.07, 6.45) is 5.06. The molecule has 0 radical (unpaired) electrons. The van der Waals surface area contributed by atoms with E-state index in [1.54, 1.807) is 18.2 Å². The number of nitrogens with zero attached hydrogens (tertiary/aromatic N) is 3. The normalized spacial score (nSPS) is 17.3. The van der Waals surface area contributed by atoms with Gasteiger partial charge < -0.3 is 19.1 Å². The molecule has 2 heterocycles. The molecule has 2 aromatic rings. The number of aromatic nitrogens is 1. The number of carbonyl (C=O) groups is 1. The lowest BCUT2D eigenvalue weighted by molar-refractivity contribution is -0.136. The molecular weight excluding hydrogens is 409 g/mol. The summed E-state index contributed by atoms with van der Waals surface area (Å²) < 4.78 is 26.0. The molecule has 1 saturated heterocycles. The number of ether oxygens (including phenoxy) is 1. The summed E-state index contributed by atoms with van der Waals surface area (Å²) in [5, 5.41) is 4.29. The number of hydrogen-bond donors (Lipinski definition) is 0. The zero-order chi connectivity index (χ0) is 22.5. The summed E-state index contributed by atoms with van der Waals surface area (Å²) in [6, 6.07) is 6.62. The maximum Gasteiger partial charge on any atom is 0.233 e. The van der Waals surface area contributed by atoms with Crippen molar-refractivity contribution < 1.29 is 18.4 Å². The fourth-order valence-electron chi connectivity index (χ4n) is 4.63. The highest BCUT2D eigenvalue weighted by atomic mass is 19.1. The van der Waals surface area contributed by atoms with E-state index in [9.17, 15) is 9.18 Å². The quantitative estimate of drug-likeness (QED) is 0.582. The van der Waals surface area contributed by atoms with Crippen LogP contribution in [-0.2, 0) is 16.1 Å². The lowest BCUT2D eigenvalue weighted by atomic mass is 10.0. The average molecular weight is 444 g/mol. The van der Waals surface area contributed by atoms with Gasteiger partial charge in [0, 0.05) is 31.1 Å². The van der Waals surface area contributed by atoms with Crippen LogP contribution >= 0.6 is 0 Å². The van der Waals surface area contributed by atoms with E-state index in [0.717, 1.165) is 37.7 Å². The van der Waals surface area contributed by atoms with Gasteiger partial charge in [0.25, 0.3) is 0 Å². The molecule has 1 aliphatic carbocycles. The van der Waals surface area contributed by atoms with Crippen molar-refractivity contribution in [3.05, 3.63) is 35.6 Å². The Hall–Kier alpha value is -2.41. The molecule has 0 spiro atoms. The number of rotatable bonds is 8. The Labute approximate surface area is 189 Å². The van der Waals surface area contributed by atoms with Gasteiger partial charge in [0.15, 0.2) is 0 Å². The zero-order valence-corrected chi connectivity index (χ0v) is 19.2. The topological polar surface area (TPSA) is 58.8 Å². The lowest BCUT2D eigenvalue weighted by Gasteiger charge is -2.30. The van der Waals surface area contributed by atoms with Crippen molar-refractivity contribution in [1.29, 1.82) is 0 Å². The van der Waals surface area contributed by atoms with E-state index >= 15 is 0 Å². The largest absolute Gasteiger partial charge is 0.378 e. The monoisotopic (exact) mass is 443 g/mol. The second-order valence-corrected chi connectivity index (χ2v) is 9.32. The van der Waals surface area contributed by atoms with Crippen LogP contribution in [0.2, 0.25) is 0 Å². The van der Waals surface area contributed by atoms with Gasteiger partial charge in [-0.1, -0.05) is 44.0 Å². The van der Waals surface area contributed by atoms with E-state index in [2.05, 4.69) is 23.9 Å². The number of amides is 1. The molecule has 7 heteroatoms. The first-order valence-corrected chi connectivity index (χ1v) is 11.9. The van der Waals surface area contributed by atoms with Crippen LogP contribution in [0.5, 0.6) is 0 Å². The zero-order valence-electron chi connectivity index (χ0n) is 19.2. The smallest absolute Gasteiger partial charge is 0.233 e. The van der Waals surface area contributed by atoms with Crippen LogP contribution < -0.4 is 4.90 Å². The fraction of sp³-hybridized carbons (Fsp3) is 0.600. The molecule has 1 aromatic carbocycles. The molecule has 0 unspecified atom stereocenters. The minimum absolute atomic E-state index is 0.0887. The average Bonchev–Trinajstić information content (AvgIpc) is 3.47. The van der Waals surface area contributed by atoms with Gasteiger partial charge in [-0.25, -0.2) is 4.39 Å². The summed E-state index contributed by atoms with van der Waals surface area (Å²) in [6.45, 7) is 7.96. The van der Waals surface area contributed by atoms with Crippen LogP contribution in [0.25, 0.3) is 11.3 Å². The van der Waals surface area contributed by atoms with Crippen molar-refractivity contribution in [3.63, 3.8) is 0 Å². The van der Waals surface area contributed by atoms with E-state index in [1.165, 1.54) is 6.07 Å². The minimum atomic E-state index is -0.341. The molecule has 2 aliphatic rings. The number of carbonyl (C=O) groups excluding carboxylic acids is 1. The van der Waals surface area contributed by atoms with Crippen LogP contribution in [-0.4, -0.2) is 48.8 Å². The van der Waals surface area contributed by atoms with E-state index in [0.29, 0.717) is 62.5 Å². The van der Waals surface area contributed by atoms with Crippen LogP contribution in [0.15, 0.2) is 28.8 Å². The van der Waals surface area contributed by atoms with Crippen molar-refractivity contribution in [2.24, 2.45) is 11.8 Å². The van der Waals surface area contributed by atoms with Gasteiger partial charge in [0.05, 0.1) is 25.3 Å². The molecule has 32 heavy (non-hydrogen) atoms. The van der Waals surface area contributed by atoms with E-state index in [1.807, 2.05) is 4.90 Å². The minimum Gasteiger partial charge on any atom is -0.378 e. The van der Waals surface area contributed by atoms with Crippen molar-refractivity contribution >= 4 is 11.8 Å². The van der Waals surface area contributed by atoms with Crippen LogP contribution in [0.4, 0.5) is 10.3 Å². The molecule has 4 rings (SSSR count). The van der Waals surface area contributed by atoms with Gasteiger partial charge in [0.2, 0.25) is 11.8 Å². The summed E-state index contributed by atoms with van der Waals surface area (Å²) >= 11 is 0. The van der Waals surface area contributed by atoms with Gasteiger partial charge in [-0.05, 0) is 37.3 Å². The third kappa shape index (κ3) is 5.14. The summed E-state index contributed by atoms with van der Waals surface area (Å²) in [5.74, 6) is 1.07. The lowest BCUT2D eigenvalue weighted by Crippen LogP contribution is -2.38. The molecule has 0 bridgehead atoms. The van der Waals surface area contributed by atoms with Gasteiger partial charge in [-0.15, -0.1) is 0 Å². The number of anilines is 1. The van der Waals surface area contributed by atoms with Crippen LogP contribution in [0.1, 0.15) is 51.5 Å². The number of benzene rings is 1. The van der Waals surface area contributed by atoms with Gasteiger partial charge in [0.1, 0.15) is 11.5 Å². The van der Waals surface area contributed by atoms with E-state index in [-0.39, 0.29) is 17.6 Å². The second kappa shape index (κ2) is 10.5. The standard InChI is InChI=1S/C25H34FN3O3/c1-18(2)11-12-29(24(30)19-7-3-4-8-19)17-21-23(20-9-5-6-10-22(20)26)27-32-25(21)28-13-15-31-16-14-28/h5-6,9-10,18-19H,3-4,7-8,11-17H2,1-2H3. The highest BCUT2D eigenvalue weighted by molar-refractivity contribution is 5.80. The number of halogens is 1. The Morgan fingerprint density at radius 3 is 2.62 bits per heavy atom. The molecule has 0 atom stereocenters. The molecule has 1 aliphatic heterocycles. The number of morpholine rings is 1. The first-order chi connectivity index (χ1) is 15.5. The van der Waals surface area contributed by atoms with Crippen molar-refractivity contribution in [2.45, 2.75) is 52.5 Å². The predicted molar refractivity (Wildman–Crippen MR) is 122 cm³/mol. The molecule has 174 valence electrons. The maximum absolute atomic E-state index is 14.7. The van der Waals surface area contributed by atoms with Gasteiger partial charge in [-0.3, -0.25) is 4.79 Å². The van der Waals surface area contributed by atoms with E-state index in [4.69, 9.17) is 9.26 Å². The number of hydrogen-bond acceptors (Lipinski definition) is 5. The third-order valence-corrected chi connectivity index (χ3v) is 6.54. The highest BCUT2D eigenvalue weighted by Gasteiger charge is 2.31. The molecule has 2 fully saturated rings. The van der Waals surface area contributed by atoms with Gasteiger partial charge >= 0.3 is 0 Å². The third-order valence-electron chi connectivity index (χ3n) is 6.54. The maximum atomic E-state index is 14.7. The van der Waals surface area contributed by atoms with Crippen molar-refractivity contribution in [1.82, 2.24) is 10.1 Å². The van der Waals surface area contributed by atoms with Crippen LogP contribution in [0.3, 0.4) is 0 Å².